The van der Waals surface area contributed by atoms with Crippen molar-refractivity contribution in [1.29, 1.82) is 0 Å². The molecule has 29 heavy (non-hydrogen) atoms. The maximum Gasteiger partial charge on any atom is 0.329 e. The van der Waals surface area contributed by atoms with E-state index in [4.69, 9.17) is 0 Å². The zero-order valence-corrected chi connectivity index (χ0v) is 16.3. The molecule has 3 N–H and O–H groups in total. The van der Waals surface area contributed by atoms with Crippen LogP contribution in [0.1, 0.15) is 41.0 Å². The lowest BCUT2D eigenvalue weighted by atomic mass is 10.1. The van der Waals surface area contributed by atoms with Gasteiger partial charge in [-0.1, -0.05) is 19.1 Å². The summed E-state index contributed by atoms with van der Waals surface area (Å²) in [5.41, 5.74) is -0.252. The summed E-state index contributed by atoms with van der Waals surface area (Å²) >= 11 is 0. The van der Waals surface area contributed by atoms with Crippen LogP contribution in [0.25, 0.3) is 11.0 Å². The molecule has 0 aliphatic rings. The number of nitrogens with one attached hydrogen (secondary N) is 3. The number of carbonyl (C=O) groups excluding carboxylic acids is 2. The zero-order valence-electron chi connectivity index (χ0n) is 16.3. The van der Waals surface area contributed by atoms with Crippen molar-refractivity contribution in [3.05, 3.63) is 68.5 Å². The number of fused-ring (bicyclic) bond motifs is 1. The van der Waals surface area contributed by atoms with Crippen molar-refractivity contribution in [3.63, 3.8) is 0 Å². The number of aryl methyl sites for hydroxylation is 1. The van der Waals surface area contributed by atoms with Crippen LogP contribution in [-0.4, -0.2) is 32.4 Å². The quantitative estimate of drug-likeness (QED) is 0.602. The van der Waals surface area contributed by atoms with E-state index in [0.717, 1.165) is 6.42 Å². The molecule has 0 saturated carbocycles. The number of carbonyl (C=O) groups is 2. The third kappa shape index (κ3) is 4.08. The number of H-pyrrole nitrogens is 1. The standard InChI is InChI=1S/C20H21N5O4/c1-4-11(2)22-18(27)13-7-5-6-8-15(13)23-17(26)12-9-14-16(21-10-12)25(3)20(29)24-19(14)28/h5-11H,4H2,1-3H3,(H,22,27)(H,23,26)(H,24,28,29). The van der Waals surface area contributed by atoms with E-state index >= 15 is 0 Å². The van der Waals surface area contributed by atoms with Gasteiger partial charge in [0.1, 0.15) is 5.65 Å². The van der Waals surface area contributed by atoms with E-state index in [-0.39, 0.29) is 28.5 Å². The van der Waals surface area contributed by atoms with Gasteiger partial charge in [-0.3, -0.25) is 23.9 Å². The summed E-state index contributed by atoms with van der Waals surface area (Å²) in [5.74, 6) is -0.824. The van der Waals surface area contributed by atoms with Crippen LogP contribution < -0.4 is 21.9 Å². The molecule has 0 aliphatic carbocycles. The van der Waals surface area contributed by atoms with Crippen molar-refractivity contribution in [3.8, 4) is 0 Å². The van der Waals surface area contributed by atoms with Crippen molar-refractivity contribution in [2.24, 2.45) is 7.05 Å². The molecule has 0 saturated heterocycles. The Hall–Kier alpha value is -3.75. The molecule has 9 heteroatoms. The normalized spacial score (nSPS) is 11.8. The maximum absolute atomic E-state index is 12.7. The number of nitrogens with zero attached hydrogens (tertiary/aromatic N) is 2. The number of para-hydroxylation sites is 1. The maximum atomic E-state index is 12.7. The van der Waals surface area contributed by atoms with Gasteiger partial charge < -0.3 is 10.6 Å². The van der Waals surface area contributed by atoms with Crippen molar-refractivity contribution in [1.82, 2.24) is 19.9 Å². The SMILES string of the molecule is CCC(C)NC(=O)c1ccccc1NC(=O)c1cnc2c(c1)c(=O)[nH]c(=O)n2C. The number of benzene rings is 1. The highest BCUT2D eigenvalue weighted by Gasteiger charge is 2.17. The van der Waals surface area contributed by atoms with Gasteiger partial charge in [-0.25, -0.2) is 9.78 Å². The van der Waals surface area contributed by atoms with E-state index in [2.05, 4.69) is 20.6 Å². The number of pyridine rings is 1. The van der Waals surface area contributed by atoms with Crippen molar-refractivity contribution in [2.75, 3.05) is 5.32 Å². The van der Waals surface area contributed by atoms with Gasteiger partial charge in [0.25, 0.3) is 17.4 Å². The minimum atomic E-state index is -0.626. The van der Waals surface area contributed by atoms with Crippen molar-refractivity contribution in [2.45, 2.75) is 26.3 Å². The molecule has 1 aromatic carbocycles. The van der Waals surface area contributed by atoms with Gasteiger partial charge in [0.2, 0.25) is 0 Å². The molecular formula is C20H21N5O4. The van der Waals surface area contributed by atoms with Crippen LogP contribution in [-0.2, 0) is 7.05 Å². The second-order valence-electron chi connectivity index (χ2n) is 6.70. The molecule has 3 aromatic rings. The van der Waals surface area contributed by atoms with Crippen LogP contribution in [0.3, 0.4) is 0 Å². The number of hydrogen-bond donors (Lipinski definition) is 3. The molecule has 0 radical (unpaired) electrons. The minimum Gasteiger partial charge on any atom is -0.350 e. The van der Waals surface area contributed by atoms with E-state index in [9.17, 15) is 19.2 Å². The second-order valence-corrected chi connectivity index (χ2v) is 6.70. The van der Waals surface area contributed by atoms with Gasteiger partial charge in [0.15, 0.2) is 0 Å². The van der Waals surface area contributed by atoms with Crippen LogP contribution in [0, 0.1) is 0 Å². The summed E-state index contributed by atoms with van der Waals surface area (Å²) < 4.78 is 1.19. The van der Waals surface area contributed by atoms with Crippen LogP contribution in [0.5, 0.6) is 0 Å². The Morgan fingerprint density at radius 3 is 2.66 bits per heavy atom. The van der Waals surface area contributed by atoms with Gasteiger partial charge in [0.05, 0.1) is 22.2 Å². The first kappa shape index (κ1) is 20.0. The summed E-state index contributed by atoms with van der Waals surface area (Å²) in [4.78, 5) is 55.2. The van der Waals surface area contributed by atoms with Crippen LogP contribution in [0.2, 0.25) is 0 Å². The Labute approximate surface area is 165 Å². The Kier molecular flexibility index (Phi) is 5.58. The largest absolute Gasteiger partial charge is 0.350 e. The molecule has 3 rings (SSSR count). The number of amides is 2. The first-order valence-electron chi connectivity index (χ1n) is 9.12. The summed E-state index contributed by atoms with van der Waals surface area (Å²) in [7, 11) is 1.47. The van der Waals surface area contributed by atoms with E-state index in [1.807, 2.05) is 13.8 Å². The molecule has 9 nitrogen and oxygen atoms in total. The first-order valence-corrected chi connectivity index (χ1v) is 9.12. The van der Waals surface area contributed by atoms with E-state index in [1.54, 1.807) is 24.3 Å². The van der Waals surface area contributed by atoms with Crippen molar-refractivity contribution >= 4 is 28.5 Å². The summed E-state index contributed by atoms with van der Waals surface area (Å²) in [5, 5.41) is 5.66. The number of aromatic nitrogens is 3. The number of anilines is 1. The van der Waals surface area contributed by atoms with Gasteiger partial charge in [-0.05, 0) is 31.5 Å². The average molecular weight is 395 g/mol. The van der Waals surface area contributed by atoms with E-state index in [0.29, 0.717) is 11.3 Å². The molecule has 150 valence electrons. The van der Waals surface area contributed by atoms with Gasteiger partial charge >= 0.3 is 5.69 Å². The number of rotatable bonds is 5. The monoisotopic (exact) mass is 395 g/mol. The van der Waals surface area contributed by atoms with Crippen LogP contribution >= 0.6 is 0 Å². The lowest BCUT2D eigenvalue weighted by molar-refractivity contribution is 0.0940. The summed E-state index contributed by atoms with van der Waals surface area (Å²) in [6.45, 7) is 3.85. The third-order valence-corrected chi connectivity index (χ3v) is 4.63. The molecule has 0 aliphatic heterocycles. The Bertz CT molecular complexity index is 1210. The van der Waals surface area contributed by atoms with Crippen LogP contribution in [0.15, 0.2) is 46.1 Å². The second kappa shape index (κ2) is 8.09. The lowest BCUT2D eigenvalue weighted by Gasteiger charge is -2.14. The van der Waals surface area contributed by atoms with Crippen LogP contribution in [0.4, 0.5) is 5.69 Å². The van der Waals surface area contributed by atoms with E-state index in [1.165, 1.54) is 23.9 Å². The molecule has 2 amide bonds. The Morgan fingerprint density at radius 1 is 1.21 bits per heavy atom. The fourth-order valence-corrected chi connectivity index (χ4v) is 2.75. The summed E-state index contributed by atoms with van der Waals surface area (Å²) in [6.07, 6.45) is 2.05. The molecule has 0 spiro atoms. The Balaban J connectivity index is 1.93. The van der Waals surface area contributed by atoms with Gasteiger partial charge in [0, 0.05) is 19.3 Å². The molecule has 2 heterocycles. The highest BCUT2D eigenvalue weighted by Crippen LogP contribution is 2.17. The topological polar surface area (TPSA) is 126 Å². The molecule has 0 bridgehead atoms. The lowest BCUT2D eigenvalue weighted by Crippen LogP contribution is -2.32. The fourth-order valence-electron chi connectivity index (χ4n) is 2.75. The fraction of sp³-hybridized carbons (Fsp3) is 0.250. The molecule has 0 fully saturated rings. The average Bonchev–Trinajstić information content (AvgIpc) is 2.71. The predicted molar refractivity (Wildman–Crippen MR) is 109 cm³/mol. The molecule has 1 unspecified atom stereocenters. The predicted octanol–water partition coefficient (Wildman–Crippen LogP) is 1.40. The Morgan fingerprint density at radius 2 is 1.93 bits per heavy atom. The molecular weight excluding hydrogens is 374 g/mol. The number of hydrogen-bond acceptors (Lipinski definition) is 5. The molecule has 2 aromatic heterocycles. The van der Waals surface area contributed by atoms with E-state index < -0.39 is 17.2 Å². The van der Waals surface area contributed by atoms with Crippen molar-refractivity contribution < 1.29 is 9.59 Å². The highest BCUT2D eigenvalue weighted by molar-refractivity contribution is 6.09. The minimum absolute atomic E-state index is 0.00526. The van der Waals surface area contributed by atoms with Gasteiger partial charge in [-0.2, -0.15) is 0 Å². The zero-order chi connectivity index (χ0) is 21.1. The third-order valence-electron chi connectivity index (χ3n) is 4.63. The smallest absolute Gasteiger partial charge is 0.329 e. The molecule has 1 atom stereocenters. The highest BCUT2D eigenvalue weighted by atomic mass is 16.2. The number of aromatic amines is 1. The first-order chi connectivity index (χ1) is 13.8. The van der Waals surface area contributed by atoms with Gasteiger partial charge in [-0.15, -0.1) is 0 Å². The summed E-state index contributed by atoms with van der Waals surface area (Å²) in [6, 6.07) is 8.00.